The van der Waals surface area contributed by atoms with Crippen molar-refractivity contribution in [2.24, 2.45) is 0 Å². The molecule has 0 saturated heterocycles. The lowest BCUT2D eigenvalue weighted by molar-refractivity contribution is 0.0697. The van der Waals surface area contributed by atoms with E-state index in [0.29, 0.717) is 5.39 Å². The molecule has 0 aliphatic rings. The summed E-state index contributed by atoms with van der Waals surface area (Å²) in [6.07, 6.45) is 0. The van der Waals surface area contributed by atoms with E-state index in [-0.39, 0.29) is 16.9 Å². The molecule has 0 bridgehead atoms. The Balaban J connectivity index is 2.90. The molecule has 72 valence electrons. The molecule has 0 saturated carbocycles. The van der Waals surface area contributed by atoms with Crippen LogP contribution in [0.15, 0.2) is 22.6 Å². The Kier molecular flexibility index (Phi) is 1.77. The highest BCUT2D eigenvalue weighted by Crippen LogP contribution is 2.27. The van der Waals surface area contributed by atoms with Crippen molar-refractivity contribution in [3.8, 4) is 0 Å². The first-order chi connectivity index (χ1) is 6.61. The number of halogens is 1. The van der Waals surface area contributed by atoms with E-state index in [9.17, 15) is 9.18 Å². The summed E-state index contributed by atoms with van der Waals surface area (Å²) >= 11 is 0. The average molecular weight is 194 g/mol. The largest absolute Gasteiger partial charge is 0.478 e. The van der Waals surface area contributed by atoms with Crippen molar-refractivity contribution in [2.75, 3.05) is 0 Å². The van der Waals surface area contributed by atoms with Crippen LogP contribution in [0.5, 0.6) is 0 Å². The Morgan fingerprint density at radius 3 is 2.86 bits per heavy atom. The van der Waals surface area contributed by atoms with Gasteiger partial charge in [-0.25, -0.2) is 9.18 Å². The highest BCUT2D eigenvalue weighted by atomic mass is 19.1. The van der Waals surface area contributed by atoms with E-state index >= 15 is 0 Å². The van der Waals surface area contributed by atoms with Crippen LogP contribution < -0.4 is 0 Å². The number of carboxylic acids is 1. The number of aryl methyl sites for hydroxylation is 1. The van der Waals surface area contributed by atoms with Crippen LogP contribution in [0, 0.1) is 12.7 Å². The van der Waals surface area contributed by atoms with E-state index in [2.05, 4.69) is 0 Å². The van der Waals surface area contributed by atoms with Gasteiger partial charge < -0.3 is 9.52 Å². The zero-order valence-corrected chi connectivity index (χ0v) is 7.37. The minimum atomic E-state index is -1.10. The number of benzene rings is 1. The van der Waals surface area contributed by atoms with Crippen LogP contribution in [0.25, 0.3) is 11.0 Å². The van der Waals surface area contributed by atoms with Crippen molar-refractivity contribution >= 4 is 16.9 Å². The van der Waals surface area contributed by atoms with E-state index in [1.807, 2.05) is 0 Å². The summed E-state index contributed by atoms with van der Waals surface area (Å²) < 4.78 is 18.2. The fourth-order valence-electron chi connectivity index (χ4n) is 1.47. The molecule has 1 aromatic heterocycles. The molecule has 0 amide bonds. The lowest BCUT2D eigenvalue weighted by atomic mass is 10.1. The second-order valence-corrected chi connectivity index (χ2v) is 2.95. The maximum absolute atomic E-state index is 13.2. The molecular formula is C10H7FO3. The third-order valence-corrected chi connectivity index (χ3v) is 2.06. The summed E-state index contributed by atoms with van der Waals surface area (Å²) in [7, 11) is 0. The maximum Gasteiger partial charge on any atom is 0.339 e. The molecule has 4 heteroatoms. The van der Waals surface area contributed by atoms with Crippen molar-refractivity contribution in [3.05, 3.63) is 35.3 Å². The fraction of sp³-hybridized carbons (Fsp3) is 0.100. The van der Waals surface area contributed by atoms with Crippen LogP contribution in [0.2, 0.25) is 0 Å². The average Bonchev–Trinajstić information content (AvgIpc) is 2.42. The van der Waals surface area contributed by atoms with Crippen molar-refractivity contribution in [1.82, 2.24) is 0 Å². The van der Waals surface area contributed by atoms with Crippen LogP contribution in [-0.2, 0) is 0 Å². The van der Waals surface area contributed by atoms with Gasteiger partial charge in [0.15, 0.2) is 11.4 Å². The van der Waals surface area contributed by atoms with E-state index < -0.39 is 11.8 Å². The van der Waals surface area contributed by atoms with Gasteiger partial charge in [-0.3, -0.25) is 0 Å². The van der Waals surface area contributed by atoms with Gasteiger partial charge >= 0.3 is 5.97 Å². The number of hydrogen-bond acceptors (Lipinski definition) is 2. The summed E-state index contributed by atoms with van der Waals surface area (Å²) in [6.45, 7) is 1.50. The first-order valence-electron chi connectivity index (χ1n) is 4.02. The Hall–Kier alpha value is -1.84. The van der Waals surface area contributed by atoms with Crippen molar-refractivity contribution in [1.29, 1.82) is 0 Å². The molecule has 1 heterocycles. The third kappa shape index (κ3) is 1.08. The van der Waals surface area contributed by atoms with Crippen LogP contribution in [0.3, 0.4) is 0 Å². The molecule has 1 N–H and O–H groups in total. The fourth-order valence-corrected chi connectivity index (χ4v) is 1.47. The highest BCUT2D eigenvalue weighted by molar-refractivity contribution is 6.03. The van der Waals surface area contributed by atoms with Crippen molar-refractivity contribution < 1.29 is 18.7 Å². The predicted octanol–water partition coefficient (Wildman–Crippen LogP) is 2.58. The standard InChI is InChI=1S/C10H7FO3/c1-5-8(10(12)13)6-3-2-4-7(11)9(6)14-5/h2-4H,1H3,(H,12,13). The summed E-state index contributed by atoms with van der Waals surface area (Å²) in [5.41, 5.74) is 0.0295. The number of aromatic carboxylic acids is 1. The molecule has 0 fully saturated rings. The maximum atomic E-state index is 13.2. The number of fused-ring (bicyclic) bond motifs is 1. The lowest BCUT2D eigenvalue weighted by Crippen LogP contribution is -1.96. The first-order valence-corrected chi connectivity index (χ1v) is 4.02. The van der Waals surface area contributed by atoms with Gasteiger partial charge in [0, 0.05) is 5.39 Å². The van der Waals surface area contributed by atoms with E-state index in [1.165, 1.54) is 25.1 Å². The quantitative estimate of drug-likeness (QED) is 0.758. The van der Waals surface area contributed by atoms with Gasteiger partial charge in [0.05, 0.1) is 0 Å². The topological polar surface area (TPSA) is 50.4 Å². The van der Waals surface area contributed by atoms with Gasteiger partial charge in [0.1, 0.15) is 11.3 Å². The normalized spacial score (nSPS) is 10.7. The summed E-state index contributed by atoms with van der Waals surface area (Å²) in [5.74, 6) is -1.43. The molecule has 1 aromatic carbocycles. The molecule has 0 unspecified atom stereocenters. The molecule has 2 aromatic rings. The second kappa shape index (κ2) is 2.83. The minimum absolute atomic E-state index is 0.00222. The predicted molar refractivity (Wildman–Crippen MR) is 47.9 cm³/mol. The monoisotopic (exact) mass is 194 g/mol. The number of carboxylic acid groups (broad SMARTS) is 1. The molecule has 0 atom stereocenters. The minimum Gasteiger partial charge on any atom is -0.478 e. The summed E-state index contributed by atoms with van der Waals surface area (Å²) in [6, 6.07) is 4.22. The van der Waals surface area contributed by atoms with Gasteiger partial charge in [0.2, 0.25) is 0 Å². The van der Waals surface area contributed by atoms with Crippen molar-refractivity contribution in [2.45, 2.75) is 6.92 Å². The van der Waals surface area contributed by atoms with Gasteiger partial charge in [-0.15, -0.1) is 0 Å². The van der Waals surface area contributed by atoms with Crippen LogP contribution >= 0.6 is 0 Å². The summed E-state index contributed by atoms with van der Waals surface area (Å²) in [4.78, 5) is 10.8. The van der Waals surface area contributed by atoms with Crippen LogP contribution in [-0.4, -0.2) is 11.1 Å². The van der Waals surface area contributed by atoms with E-state index in [1.54, 1.807) is 0 Å². The summed E-state index contributed by atoms with van der Waals surface area (Å²) in [5, 5.41) is 9.16. The van der Waals surface area contributed by atoms with E-state index in [0.717, 1.165) is 0 Å². The molecule has 14 heavy (non-hydrogen) atoms. The zero-order chi connectivity index (χ0) is 10.3. The number of hydrogen-bond donors (Lipinski definition) is 1. The molecule has 0 aliphatic heterocycles. The Morgan fingerprint density at radius 2 is 2.21 bits per heavy atom. The lowest BCUT2D eigenvalue weighted by Gasteiger charge is -1.90. The molecular weight excluding hydrogens is 187 g/mol. The van der Waals surface area contributed by atoms with Crippen molar-refractivity contribution in [3.63, 3.8) is 0 Å². The van der Waals surface area contributed by atoms with Gasteiger partial charge in [0.25, 0.3) is 0 Å². The molecule has 0 radical (unpaired) electrons. The van der Waals surface area contributed by atoms with Gasteiger partial charge in [-0.1, -0.05) is 12.1 Å². The van der Waals surface area contributed by atoms with Crippen LogP contribution in [0.1, 0.15) is 16.1 Å². The van der Waals surface area contributed by atoms with E-state index in [4.69, 9.17) is 9.52 Å². The zero-order valence-electron chi connectivity index (χ0n) is 7.37. The van der Waals surface area contributed by atoms with Gasteiger partial charge in [-0.2, -0.15) is 0 Å². The molecule has 2 rings (SSSR count). The number of para-hydroxylation sites is 1. The molecule has 0 aliphatic carbocycles. The SMILES string of the molecule is Cc1oc2c(F)cccc2c1C(=O)O. The Bertz CT molecular complexity index is 513. The third-order valence-electron chi connectivity index (χ3n) is 2.06. The smallest absolute Gasteiger partial charge is 0.339 e. The Labute approximate surface area is 78.8 Å². The Morgan fingerprint density at radius 1 is 1.50 bits per heavy atom. The molecule has 3 nitrogen and oxygen atoms in total. The van der Waals surface area contributed by atoms with Crippen LogP contribution in [0.4, 0.5) is 4.39 Å². The number of rotatable bonds is 1. The first kappa shape index (κ1) is 8.74. The molecule has 0 spiro atoms. The van der Waals surface area contributed by atoms with Gasteiger partial charge in [-0.05, 0) is 13.0 Å². The highest BCUT2D eigenvalue weighted by Gasteiger charge is 2.18. The number of carbonyl (C=O) groups is 1. The second-order valence-electron chi connectivity index (χ2n) is 2.95. The number of furan rings is 1.